The summed E-state index contributed by atoms with van der Waals surface area (Å²) in [4.78, 5) is 16.3. The zero-order valence-electron chi connectivity index (χ0n) is 14.8. The number of carboxylic acids is 1. The first-order chi connectivity index (χ1) is 11.6. The van der Waals surface area contributed by atoms with E-state index in [9.17, 15) is 9.90 Å². The van der Waals surface area contributed by atoms with Gasteiger partial charge < -0.3 is 19.5 Å². The van der Waals surface area contributed by atoms with Crippen LogP contribution in [0.25, 0.3) is 0 Å². The van der Waals surface area contributed by atoms with Gasteiger partial charge in [0, 0.05) is 37.8 Å². The molecule has 0 amide bonds. The Morgan fingerprint density at radius 1 is 1.12 bits per heavy atom. The first-order valence-electron chi connectivity index (χ1n) is 8.69. The van der Waals surface area contributed by atoms with Gasteiger partial charge in [-0.15, -0.1) is 0 Å². The standard InChI is InChI=1S/C18H28N2O4/c1-4-19-9-11-20(12-10-19)17(18(21)22)15-8-7-14(23-5-2)13-16(15)24-6-3/h7-8,13,17H,4-6,9-12H2,1-3H3,(H,21,22). The molecule has 1 aliphatic heterocycles. The monoisotopic (exact) mass is 336 g/mol. The van der Waals surface area contributed by atoms with Gasteiger partial charge >= 0.3 is 5.97 Å². The molecular weight excluding hydrogens is 308 g/mol. The molecule has 1 aromatic carbocycles. The molecular formula is C18H28N2O4. The Hall–Kier alpha value is -1.79. The van der Waals surface area contributed by atoms with Crippen molar-refractivity contribution in [3.63, 3.8) is 0 Å². The molecule has 6 nitrogen and oxygen atoms in total. The number of carboxylic acid groups (broad SMARTS) is 1. The number of ether oxygens (including phenoxy) is 2. The quantitative estimate of drug-likeness (QED) is 0.786. The average molecular weight is 336 g/mol. The molecule has 134 valence electrons. The smallest absolute Gasteiger partial charge is 0.325 e. The summed E-state index contributed by atoms with van der Waals surface area (Å²) in [7, 11) is 0. The summed E-state index contributed by atoms with van der Waals surface area (Å²) in [5.41, 5.74) is 0.692. The van der Waals surface area contributed by atoms with E-state index in [1.165, 1.54) is 0 Å². The summed E-state index contributed by atoms with van der Waals surface area (Å²) in [5.74, 6) is 0.448. The Morgan fingerprint density at radius 3 is 2.33 bits per heavy atom. The molecule has 0 aliphatic carbocycles. The van der Waals surface area contributed by atoms with Crippen LogP contribution in [-0.4, -0.2) is 66.8 Å². The normalized spacial score (nSPS) is 17.5. The first kappa shape index (κ1) is 18.5. The fraction of sp³-hybridized carbons (Fsp3) is 0.611. The fourth-order valence-corrected chi connectivity index (χ4v) is 3.10. The maximum Gasteiger partial charge on any atom is 0.325 e. The predicted octanol–water partition coefficient (Wildman–Crippen LogP) is 2.25. The number of hydrogen-bond donors (Lipinski definition) is 1. The van der Waals surface area contributed by atoms with E-state index in [0.717, 1.165) is 32.7 Å². The number of likely N-dealkylation sites (N-methyl/N-ethyl adjacent to an activating group) is 1. The molecule has 0 saturated carbocycles. The fourth-order valence-electron chi connectivity index (χ4n) is 3.10. The Labute approximate surface area is 144 Å². The van der Waals surface area contributed by atoms with Crippen LogP contribution in [0.1, 0.15) is 32.4 Å². The van der Waals surface area contributed by atoms with Gasteiger partial charge in [0.1, 0.15) is 17.5 Å². The minimum atomic E-state index is -0.843. The first-order valence-corrected chi connectivity index (χ1v) is 8.69. The van der Waals surface area contributed by atoms with Gasteiger partial charge in [-0.1, -0.05) is 6.92 Å². The number of benzene rings is 1. The van der Waals surface area contributed by atoms with Gasteiger partial charge in [-0.05, 0) is 32.5 Å². The van der Waals surface area contributed by atoms with Crippen LogP contribution in [0.2, 0.25) is 0 Å². The lowest BCUT2D eigenvalue weighted by Gasteiger charge is -2.37. The summed E-state index contributed by atoms with van der Waals surface area (Å²) in [5, 5.41) is 9.83. The molecule has 1 aliphatic rings. The van der Waals surface area contributed by atoms with Crippen molar-refractivity contribution in [1.82, 2.24) is 9.80 Å². The highest BCUT2D eigenvalue weighted by Crippen LogP contribution is 2.33. The van der Waals surface area contributed by atoms with E-state index in [0.29, 0.717) is 30.3 Å². The topological polar surface area (TPSA) is 62.2 Å². The molecule has 2 rings (SSSR count). The van der Waals surface area contributed by atoms with Gasteiger partial charge in [0.2, 0.25) is 0 Å². The van der Waals surface area contributed by atoms with Gasteiger partial charge in [0.25, 0.3) is 0 Å². The van der Waals surface area contributed by atoms with E-state index in [1.54, 1.807) is 6.07 Å². The van der Waals surface area contributed by atoms with Crippen molar-refractivity contribution in [2.75, 3.05) is 45.9 Å². The molecule has 0 bridgehead atoms. The Balaban J connectivity index is 2.28. The van der Waals surface area contributed by atoms with Crippen molar-refractivity contribution in [1.29, 1.82) is 0 Å². The van der Waals surface area contributed by atoms with Crippen molar-refractivity contribution < 1.29 is 19.4 Å². The lowest BCUT2D eigenvalue weighted by molar-refractivity contribution is -0.144. The molecule has 1 heterocycles. The maximum atomic E-state index is 12.0. The van der Waals surface area contributed by atoms with E-state index >= 15 is 0 Å². The van der Waals surface area contributed by atoms with Crippen LogP contribution in [0.3, 0.4) is 0 Å². The third-order valence-corrected chi connectivity index (χ3v) is 4.34. The Bertz CT molecular complexity index is 542. The van der Waals surface area contributed by atoms with Crippen LogP contribution in [-0.2, 0) is 4.79 Å². The van der Waals surface area contributed by atoms with Gasteiger partial charge in [0.15, 0.2) is 0 Å². The highest BCUT2D eigenvalue weighted by molar-refractivity contribution is 5.77. The Morgan fingerprint density at radius 2 is 1.79 bits per heavy atom. The van der Waals surface area contributed by atoms with E-state index in [1.807, 2.05) is 30.9 Å². The van der Waals surface area contributed by atoms with Crippen LogP contribution in [0.5, 0.6) is 11.5 Å². The van der Waals surface area contributed by atoms with Crippen LogP contribution < -0.4 is 9.47 Å². The lowest BCUT2D eigenvalue weighted by atomic mass is 10.0. The summed E-state index contributed by atoms with van der Waals surface area (Å²) >= 11 is 0. The number of hydrogen-bond acceptors (Lipinski definition) is 5. The molecule has 1 N–H and O–H groups in total. The second-order valence-corrected chi connectivity index (χ2v) is 5.78. The van der Waals surface area contributed by atoms with Crippen molar-refractivity contribution in [3.8, 4) is 11.5 Å². The van der Waals surface area contributed by atoms with Crippen molar-refractivity contribution in [2.45, 2.75) is 26.8 Å². The van der Waals surface area contributed by atoms with Crippen molar-refractivity contribution >= 4 is 5.97 Å². The second-order valence-electron chi connectivity index (χ2n) is 5.78. The third-order valence-electron chi connectivity index (χ3n) is 4.34. The highest BCUT2D eigenvalue weighted by Gasteiger charge is 2.32. The van der Waals surface area contributed by atoms with Gasteiger partial charge in [-0.3, -0.25) is 9.69 Å². The molecule has 1 atom stereocenters. The number of nitrogens with zero attached hydrogens (tertiary/aromatic N) is 2. The van der Waals surface area contributed by atoms with E-state index in [4.69, 9.17) is 9.47 Å². The van der Waals surface area contributed by atoms with E-state index < -0.39 is 12.0 Å². The molecule has 0 radical (unpaired) electrons. The van der Waals surface area contributed by atoms with Crippen LogP contribution in [0.4, 0.5) is 0 Å². The van der Waals surface area contributed by atoms with Crippen LogP contribution in [0.15, 0.2) is 18.2 Å². The molecule has 0 aromatic heterocycles. The number of carbonyl (C=O) groups is 1. The van der Waals surface area contributed by atoms with Crippen LogP contribution >= 0.6 is 0 Å². The molecule has 1 fully saturated rings. The zero-order chi connectivity index (χ0) is 17.5. The summed E-state index contributed by atoms with van der Waals surface area (Å²) in [6.45, 7) is 11.2. The van der Waals surface area contributed by atoms with E-state index in [-0.39, 0.29) is 0 Å². The second kappa shape index (κ2) is 8.89. The summed E-state index contributed by atoms with van der Waals surface area (Å²) in [6, 6.07) is 4.74. The predicted molar refractivity (Wildman–Crippen MR) is 92.8 cm³/mol. The van der Waals surface area contributed by atoms with Gasteiger partial charge in [-0.25, -0.2) is 0 Å². The Kier molecular flexibility index (Phi) is 6.87. The molecule has 6 heteroatoms. The molecule has 1 saturated heterocycles. The maximum absolute atomic E-state index is 12.0. The number of rotatable bonds is 8. The number of piperazine rings is 1. The largest absolute Gasteiger partial charge is 0.494 e. The lowest BCUT2D eigenvalue weighted by Crippen LogP contribution is -2.49. The average Bonchev–Trinajstić information content (AvgIpc) is 2.58. The van der Waals surface area contributed by atoms with Crippen molar-refractivity contribution in [3.05, 3.63) is 23.8 Å². The SMILES string of the molecule is CCOc1ccc(C(C(=O)O)N2CCN(CC)CC2)c(OCC)c1. The summed E-state index contributed by atoms with van der Waals surface area (Å²) in [6.07, 6.45) is 0. The van der Waals surface area contributed by atoms with Gasteiger partial charge in [-0.2, -0.15) is 0 Å². The molecule has 24 heavy (non-hydrogen) atoms. The molecule has 1 aromatic rings. The molecule has 1 unspecified atom stereocenters. The summed E-state index contributed by atoms with van der Waals surface area (Å²) < 4.78 is 11.2. The van der Waals surface area contributed by atoms with E-state index in [2.05, 4.69) is 11.8 Å². The van der Waals surface area contributed by atoms with Crippen LogP contribution in [0, 0.1) is 0 Å². The minimum Gasteiger partial charge on any atom is -0.494 e. The zero-order valence-corrected chi connectivity index (χ0v) is 14.8. The van der Waals surface area contributed by atoms with Crippen molar-refractivity contribution in [2.24, 2.45) is 0 Å². The molecule has 0 spiro atoms. The third kappa shape index (κ3) is 4.39. The highest BCUT2D eigenvalue weighted by atomic mass is 16.5. The van der Waals surface area contributed by atoms with Gasteiger partial charge in [0.05, 0.1) is 13.2 Å². The minimum absolute atomic E-state index is 0.485. The number of aliphatic carboxylic acids is 1.